The number of benzene rings is 1. The highest BCUT2D eigenvalue weighted by atomic mass is 35.5. The molecule has 0 unspecified atom stereocenters. The van der Waals surface area contributed by atoms with E-state index in [0.29, 0.717) is 22.2 Å². The number of carbonyl (C=O) groups excluding carboxylic acids is 1. The number of halogens is 2. The zero-order chi connectivity index (χ0) is 18.0. The van der Waals surface area contributed by atoms with Gasteiger partial charge in [0.25, 0.3) is 0 Å². The van der Waals surface area contributed by atoms with Gasteiger partial charge in [0.15, 0.2) is 10.1 Å². The van der Waals surface area contributed by atoms with Gasteiger partial charge in [0.1, 0.15) is 11.6 Å². The van der Waals surface area contributed by atoms with Crippen molar-refractivity contribution in [1.29, 1.82) is 0 Å². The molecule has 1 amide bonds. The molecule has 0 aliphatic rings. The monoisotopic (exact) mass is 379 g/mol. The van der Waals surface area contributed by atoms with Crippen molar-refractivity contribution in [3.8, 4) is 5.75 Å². The molecular formula is C17H15ClFN3O2S. The summed E-state index contributed by atoms with van der Waals surface area (Å²) in [6, 6.07) is 3.76. The molecule has 0 aliphatic heterocycles. The number of nitrogens with zero attached hydrogens (tertiary/aromatic N) is 2. The van der Waals surface area contributed by atoms with Gasteiger partial charge in [0, 0.05) is 23.2 Å². The van der Waals surface area contributed by atoms with E-state index in [0.717, 1.165) is 4.96 Å². The molecule has 0 saturated heterocycles. The Morgan fingerprint density at radius 1 is 1.52 bits per heavy atom. The van der Waals surface area contributed by atoms with Crippen molar-refractivity contribution >= 4 is 39.9 Å². The van der Waals surface area contributed by atoms with Crippen LogP contribution in [0.4, 0.5) is 4.39 Å². The van der Waals surface area contributed by atoms with Gasteiger partial charge in [-0.3, -0.25) is 9.20 Å². The van der Waals surface area contributed by atoms with Crippen LogP contribution < -0.4 is 10.1 Å². The second-order valence-electron chi connectivity index (χ2n) is 5.29. The molecule has 2 heterocycles. The predicted octanol–water partition coefficient (Wildman–Crippen LogP) is 4.09. The van der Waals surface area contributed by atoms with Crippen molar-refractivity contribution in [2.24, 2.45) is 0 Å². The summed E-state index contributed by atoms with van der Waals surface area (Å²) < 4.78 is 20.5. The van der Waals surface area contributed by atoms with Crippen molar-refractivity contribution in [3.63, 3.8) is 0 Å². The van der Waals surface area contributed by atoms with Crippen LogP contribution >= 0.6 is 22.9 Å². The largest absolute Gasteiger partial charge is 0.496 e. The van der Waals surface area contributed by atoms with Gasteiger partial charge < -0.3 is 10.1 Å². The lowest BCUT2D eigenvalue weighted by molar-refractivity contribution is -0.117. The molecule has 0 bridgehead atoms. The van der Waals surface area contributed by atoms with Gasteiger partial charge in [0.05, 0.1) is 18.8 Å². The minimum absolute atomic E-state index is 0.329. The van der Waals surface area contributed by atoms with Crippen LogP contribution in [0.15, 0.2) is 35.9 Å². The molecule has 1 N–H and O–H groups in total. The van der Waals surface area contributed by atoms with Crippen molar-refractivity contribution < 1.29 is 13.9 Å². The van der Waals surface area contributed by atoms with Crippen LogP contribution in [0.5, 0.6) is 5.75 Å². The molecule has 1 atom stereocenters. The number of imidazole rings is 1. The number of amides is 1. The first kappa shape index (κ1) is 17.4. The van der Waals surface area contributed by atoms with E-state index in [1.54, 1.807) is 17.4 Å². The number of methoxy groups -OCH3 is 1. The Balaban J connectivity index is 1.75. The van der Waals surface area contributed by atoms with Gasteiger partial charge in [-0.2, -0.15) is 0 Å². The molecule has 1 aromatic carbocycles. The first-order chi connectivity index (χ1) is 12.0. The number of aromatic nitrogens is 2. The maximum atomic E-state index is 13.5. The first-order valence-corrected chi connectivity index (χ1v) is 8.68. The summed E-state index contributed by atoms with van der Waals surface area (Å²) in [6.45, 7) is 1.76. The number of ether oxygens (including phenoxy) is 1. The third kappa shape index (κ3) is 3.67. The molecule has 0 aliphatic carbocycles. The quantitative estimate of drug-likeness (QED) is 0.679. The van der Waals surface area contributed by atoms with Gasteiger partial charge in [-0.15, -0.1) is 11.3 Å². The molecule has 0 fully saturated rings. The lowest BCUT2D eigenvalue weighted by atomic mass is 10.1. The number of hydrogen-bond acceptors (Lipinski definition) is 4. The third-order valence-electron chi connectivity index (χ3n) is 3.66. The molecular weight excluding hydrogens is 365 g/mol. The summed E-state index contributed by atoms with van der Waals surface area (Å²) in [7, 11) is 1.50. The summed E-state index contributed by atoms with van der Waals surface area (Å²) >= 11 is 7.54. The van der Waals surface area contributed by atoms with Gasteiger partial charge in [0.2, 0.25) is 5.91 Å². The fourth-order valence-corrected chi connectivity index (χ4v) is 3.47. The number of carbonyl (C=O) groups is 1. The maximum absolute atomic E-state index is 13.5. The van der Waals surface area contributed by atoms with Crippen LogP contribution in [0.25, 0.3) is 11.0 Å². The zero-order valence-electron chi connectivity index (χ0n) is 13.5. The van der Waals surface area contributed by atoms with Crippen molar-refractivity contribution in [2.75, 3.05) is 7.11 Å². The zero-order valence-corrected chi connectivity index (χ0v) is 15.1. The van der Waals surface area contributed by atoms with Gasteiger partial charge in [-0.1, -0.05) is 11.6 Å². The van der Waals surface area contributed by atoms with Crippen LogP contribution in [0.3, 0.4) is 0 Å². The standard InChI is InChI=1S/C17H15ClFN3O2S/c1-10(12-9-11(19)3-5-14(12)24-2)20-15(23)6-4-13-16(18)21-17-22(13)7-8-25-17/h3-10H,1-2H3,(H,20,23)/b6-4-/t10-/m0/s1. The van der Waals surface area contributed by atoms with Gasteiger partial charge >= 0.3 is 0 Å². The fourth-order valence-electron chi connectivity index (χ4n) is 2.46. The Morgan fingerprint density at radius 3 is 3.08 bits per heavy atom. The molecule has 0 saturated carbocycles. The molecule has 8 heteroatoms. The van der Waals surface area contributed by atoms with E-state index in [9.17, 15) is 9.18 Å². The molecule has 5 nitrogen and oxygen atoms in total. The van der Waals surface area contributed by atoms with E-state index >= 15 is 0 Å². The number of rotatable bonds is 5. The Bertz CT molecular complexity index is 951. The summed E-state index contributed by atoms with van der Waals surface area (Å²) in [5.41, 5.74) is 1.19. The molecule has 3 rings (SSSR count). The lowest BCUT2D eigenvalue weighted by Gasteiger charge is -2.16. The SMILES string of the molecule is COc1ccc(F)cc1[C@H](C)NC(=O)/C=C\c1c(Cl)nc2sccn12. The second-order valence-corrected chi connectivity index (χ2v) is 6.52. The Labute approximate surface area is 152 Å². The van der Waals surface area contributed by atoms with E-state index in [1.807, 2.05) is 11.6 Å². The normalized spacial score (nSPS) is 12.6. The van der Waals surface area contributed by atoms with Crippen LogP contribution in [-0.2, 0) is 4.79 Å². The smallest absolute Gasteiger partial charge is 0.244 e. The Kier molecular flexibility index (Phi) is 5.06. The number of hydrogen-bond donors (Lipinski definition) is 1. The molecule has 130 valence electrons. The highest BCUT2D eigenvalue weighted by Crippen LogP contribution is 2.26. The summed E-state index contributed by atoms with van der Waals surface area (Å²) in [5, 5.41) is 4.99. The highest BCUT2D eigenvalue weighted by Gasteiger charge is 2.14. The van der Waals surface area contributed by atoms with Gasteiger partial charge in [-0.05, 0) is 31.2 Å². The lowest BCUT2D eigenvalue weighted by Crippen LogP contribution is -2.25. The van der Waals surface area contributed by atoms with Crippen LogP contribution in [0.2, 0.25) is 5.15 Å². The summed E-state index contributed by atoms with van der Waals surface area (Å²) in [5.74, 6) is -0.213. The van der Waals surface area contributed by atoms with E-state index < -0.39 is 11.9 Å². The second kappa shape index (κ2) is 7.25. The molecule has 0 radical (unpaired) electrons. The minimum Gasteiger partial charge on any atom is -0.496 e. The summed E-state index contributed by atoms with van der Waals surface area (Å²) in [4.78, 5) is 17.1. The van der Waals surface area contributed by atoms with E-state index in [4.69, 9.17) is 16.3 Å². The molecule has 0 spiro atoms. The number of thiazole rings is 1. The van der Waals surface area contributed by atoms with Crippen LogP contribution in [0.1, 0.15) is 24.2 Å². The van der Waals surface area contributed by atoms with Crippen molar-refractivity contribution in [3.05, 3.63) is 58.1 Å². The topological polar surface area (TPSA) is 55.6 Å². The van der Waals surface area contributed by atoms with Crippen LogP contribution in [-0.4, -0.2) is 22.4 Å². The van der Waals surface area contributed by atoms with Crippen LogP contribution in [0, 0.1) is 5.82 Å². The molecule has 25 heavy (non-hydrogen) atoms. The minimum atomic E-state index is -0.426. The highest BCUT2D eigenvalue weighted by molar-refractivity contribution is 7.15. The fraction of sp³-hybridized carbons (Fsp3) is 0.176. The Hall–Kier alpha value is -2.38. The van der Waals surface area contributed by atoms with E-state index in [1.165, 1.54) is 42.7 Å². The maximum Gasteiger partial charge on any atom is 0.244 e. The summed E-state index contributed by atoms with van der Waals surface area (Å²) in [6.07, 6.45) is 4.80. The predicted molar refractivity (Wildman–Crippen MR) is 96.6 cm³/mol. The van der Waals surface area contributed by atoms with Gasteiger partial charge in [-0.25, -0.2) is 9.37 Å². The average Bonchev–Trinajstić information content (AvgIpc) is 3.13. The van der Waals surface area contributed by atoms with E-state index in [2.05, 4.69) is 10.3 Å². The molecule has 3 aromatic rings. The molecule has 2 aromatic heterocycles. The van der Waals surface area contributed by atoms with E-state index in [-0.39, 0.29) is 5.91 Å². The van der Waals surface area contributed by atoms with Crippen molar-refractivity contribution in [2.45, 2.75) is 13.0 Å². The number of fused-ring (bicyclic) bond motifs is 1. The first-order valence-electron chi connectivity index (χ1n) is 7.42. The number of nitrogens with one attached hydrogen (secondary N) is 1. The van der Waals surface area contributed by atoms with Crippen molar-refractivity contribution in [1.82, 2.24) is 14.7 Å². The average molecular weight is 380 g/mol. The Morgan fingerprint density at radius 2 is 2.32 bits per heavy atom. The third-order valence-corrected chi connectivity index (χ3v) is 4.70.